The Morgan fingerprint density at radius 3 is 2.42 bits per heavy atom. The van der Waals surface area contributed by atoms with E-state index in [1.54, 1.807) is 12.1 Å². The average molecular weight is 378 g/mol. The van der Waals surface area contributed by atoms with E-state index in [9.17, 15) is 9.59 Å². The van der Waals surface area contributed by atoms with Crippen LogP contribution in [0.1, 0.15) is 63.9 Å². The second-order valence-corrected chi connectivity index (χ2v) is 8.24. The molecule has 1 amide bonds. The normalized spacial score (nSPS) is 24.8. The summed E-state index contributed by atoms with van der Waals surface area (Å²) >= 11 is 5.98. The van der Waals surface area contributed by atoms with Crippen LogP contribution < -0.4 is 5.32 Å². The summed E-state index contributed by atoms with van der Waals surface area (Å²) in [6.07, 6.45) is 8.03. The van der Waals surface area contributed by atoms with Crippen LogP contribution in [0.25, 0.3) is 0 Å². The van der Waals surface area contributed by atoms with Crippen LogP contribution in [0.3, 0.4) is 0 Å². The van der Waals surface area contributed by atoms with Gasteiger partial charge in [-0.15, -0.1) is 0 Å². The zero-order valence-corrected chi connectivity index (χ0v) is 16.2. The Kier molecular flexibility index (Phi) is 6.23. The van der Waals surface area contributed by atoms with Gasteiger partial charge in [0.05, 0.1) is 5.41 Å². The lowest BCUT2D eigenvalue weighted by molar-refractivity contribution is -0.154. The lowest BCUT2D eigenvalue weighted by atomic mass is 9.79. The maximum atomic E-state index is 12.9. The molecule has 0 heterocycles. The smallest absolute Gasteiger partial charge is 0.317 e. The molecule has 2 aliphatic carbocycles. The molecule has 3 rings (SSSR count). The second-order valence-electron chi connectivity index (χ2n) is 7.81. The first kappa shape index (κ1) is 19.2. The van der Waals surface area contributed by atoms with Crippen molar-refractivity contribution in [3.8, 4) is 0 Å². The molecule has 1 aromatic carbocycles. The van der Waals surface area contributed by atoms with Gasteiger partial charge in [0.2, 0.25) is 0 Å². The summed E-state index contributed by atoms with van der Waals surface area (Å²) in [5.74, 6) is 0.00385. The van der Waals surface area contributed by atoms with E-state index in [0.29, 0.717) is 10.9 Å². The van der Waals surface area contributed by atoms with Gasteiger partial charge in [0.15, 0.2) is 6.61 Å². The zero-order chi connectivity index (χ0) is 18.6. The lowest BCUT2D eigenvalue weighted by Gasteiger charge is -2.30. The number of hydrogen-bond acceptors (Lipinski definition) is 3. The quantitative estimate of drug-likeness (QED) is 0.774. The van der Waals surface area contributed by atoms with Gasteiger partial charge in [0.25, 0.3) is 5.91 Å². The Balaban J connectivity index is 1.60. The van der Waals surface area contributed by atoms with Crippen LogP contribution in [0, 0.1) is 5.92 Å². The first-order valence-corrected chi connectivity index (χ1v) is 10.1. The number of halogens is 1. The van der Waals surface area contributed by atoms with E-state index in [2.05, 4.69) is 12.2 Å². The van der Waals surface area contributed by atoms with Crippen LogP contribution in [0.15, 0.2) is 24.3 Å². The van der Waals surface area contributed by atoms with Crippen molar-refractivity contribution in [2.75, 3.05) is 6.61 Å². The molecule has 2 aliphatic rings. The summed E-state index contributed by atoms with van der Waals surface area (Å²) in [6, 6.07) is 7.62. The van der Waals surface area contributed by atoms with Gasteiger partial charge < -0.3 is 10.1 Å². The third-order valence-corrected chi connectivity index (χ3v) is 6.29. The Hall–Kier alpha value is -1.55. The molecule has 0 aromatic heterocycles. The van der Waals surface area contributed by atoms with Crippen molar-refractivity contribution in [2.24, 2.45) is 5.92 Å². The molecule has 2 fully saturated rings. The molecule has 5 heteroatoms. The summed E-state index contributed by atoms with van der Waals surface area (Å²) in [5, 5.41) is 3.69. The molecule has 0 spiro atoms. The fourth-order valence-electron chi connectivity index (χ4n) is 4.41. The van der Waals surface area contributed by atoms with Gasteiger partial charge in [-0.25, -0.2) is 0 Å². The van der Waals surface area contributed by atoms with E-state index < -0.39 is 5.41 Å². The molecule has 1 aromatic rings. The van der Waals surface area contributed by atoms with Gasteiger partial charge in [-0.1, -0.05) is 56.3 Å². The van der Waals surface area contributed by atoms with Gasteiger partial charge in [-0.3, -0.25) is 9.59 Å². The van der Waals surface area contributed by atoms with E-state index >= 15 is 0 Å². The highest BCUT2D eigenvalue weighted by Crippen LogP contribution is 2.42. The fraction of sp³-hybridized carbons (Fsp3) is 0.619. The summed E-state index contributed by atoms with van der Waals surface area (Å²) in [4.78, 5) is 25.1. The van der Waals surface area contributed by atoms with Crippen molar-refractivity contribution in [3.05, 3.63) is 34.9 Å². The summed E-state index contributed by atoms with van der Waals surface area (Å²) in [7, 11) is 0. The predicted octanol–water partition coefficient (Wildman–Crippen LogP) is 4.39. The van der Waals surface area contributed by atoms with Gasteiger partial charge >= 0.3 is 5.97 Å². The Bertz CT molecular complexity index is 637. The standard InChI is InChI=1S/C21H28ClNO3/c1-15-6-2-3-7-18(15)23-19(24)14-26-20(25)21(12-4-5-13-21)16-8-10-17(22)11-9-16/h8-11,15,18H,2-7,12-14H2,1H3,(H,23,24)/t15-,18+/m1/s1. The molecule has 0 bridgehead atoms. The minimum atomic E-state index is -0.636. The molecule has 2 saturated carbocycles. The number of amides is 1. The number of nitrogens with one attached hydrogen (secondary N) is 1. The molecule has 0 unspecified atom stereocenters. The van der Waals surface area contributed by atoms with Gasteiger partial charge in [-0.2, -0.15) is 0 Å². The molecule has 142 valence electrons. The van der Waals surface area contributed by atoms with E-state index in [-0.39, 0.29) is 24.5 Å². The van der Waals surface area contributed by atoms with Crippen molar-refractivity contribution in [3.63, 3.8) is 0 Å². The summed E-state index contributed by atoms with van der Waals surface area (Å²) < 4.78 is 5.47. The summed E-state index contributed by atoms with van der Waals surface area (Å²) in [6.45, 7) is 1.97. The van der Waals surface area contributed by atoms with Crippen LogP contribution in [0.5, 0.6) is 0 Å². The van der Waals surface area contributed by atoms with E-state index in [1.165, 1.54) is 6.42 Å². The maximum Gasteiger partial charge on any atom is 0.317 e. The third-order valence-electron chi connectivity index (χ3n) is 6.04. The van der Waals surface area contributed by atoms with Crippen molar-refractivity contribution in [2.45, 2.75) is 69.7 Å². The number of rotatable bonds is 5. The van der Waals surface area contributed by atoms with E-state index in [4.69, 9.17) is 16.3 Å². The molecule has 0 saturated heterocycles. The Morgan fingerprint density at radius 1 is 1.12 bits per heavy atom. The molecule has 0 radical (unpaired) electrons. The predicted molar refractivity (Wildman–Crippen MR) is 102 cm³/mol. The fourth-order valence-corrected chi connectivity index (χ4v) is 4.53. The number of hydrogen-bond donors (Lipinski definition) is 1. The summed E-state index contributed by atoms with van der Waals surface area (Å²) in [5.41, 5.74) is 0.300. The van der Waals surface area contributed by atoms with Crippen LogP contribution in [0.4, 0.5) is 0 Å². The first-order chi connectivity index (χ1) is 12.5. The van der Waals surface area contributed by atoms with Crippen LogP contribution in [-0.4, -0.2) is 24.5 Å². The molecule has 26 heavy (non-hydrogen) atoms. The van der Waals surface area contributed by atoms with Gasteiger partial charge in [0, 0.05) is 11.1 Å². The monoisotopic (exact) mass is 377 g/mol. The molecule has 1 N–H and O–H groups in total. The van der Waals surface area contributed by atoms with Crippen molar-refractivity contribution < 1.29 is 14.3 Å². The van der Waals surface area contributed by atoms with Crippen LogP contribution in [0.2, 0.25) is 5.02 Å². The maximum absolute atomic E-state index is 12.9. The highest BCUT2D eigenvalue weighted by Gasteiger charge is 2.44. The molecule has 0 aliphatic heterocycles. The van der Waals surface area contributed by atoms with Gasteiger partial charge in [0.1, 0.15) is 0 Å². The minimum Gasteiger partial charge on any atom is -0.455 e. The highest BCUT2D eigenvalue weighted by molar-refractivity contribution is 6.30. The molecular formula is C21H28ClNO3. The number of ether oxygens (including phenoxy) is 1. The zero-order valence-electron chi connectivity index (χ0n) is 15.4. The number of esters is 1. The number of benzene rings is 1. The number of carbonyl (C=O) groups is 2. The average Bonchev–Trinajstić information content (AvgIpc) is 3.13. The van der Waals surface area contributed by atoms with E-state index in [0.717, 1.165) is 50.5 Å². The second kappa shape index (κ2) is 8.43. The largest absolute Gasteiger partial charge is 0.455 e. The molecule has 4 nitrogen and oxygen atoms in total. The van der Waals surface area contributed by atoms with Crippen molar-refractivity contribution in [1.82, 2.24) is 5.32 Å². The van der Waals surface area contributed by atoms with Gasteiger partial charge in [-0.05, 0) is 49.3 Å². The lowest BCUT2D eigenvalue weighted by Crippen LogP contribution is -2.44. The van der Waals surface area contributed by atoms with Crippen molar-refractivity contribution in [1.29, 1.82) is 0 Å². The van der Waals surface area contributed by atoms with Crippen LogP contribution in [-0.2, 0) is 19.7 Å². The molecule has 2 atom stereocenters. The van der Waals surface area contributed by atoms with Crippen molar-refractivity contribution >= 4 is 23.5 Å². The third kappa shape index (κ3) is 4.22. The topological polar surface area (TPSA) is 55.4 Å². The molecular weight excluding hydrogens is 350 g/mol. The minimum absolute atomic E-state index is 0.193. The Labute approximate surface area is 160 Å². The SMILES string of the molecule is C[C@@H]1CCCC[C@@H]1NC(=O)COC(=O)C1(c2ccc(Cl)cc2)CCCC1. The number of carbonyl (C=O) groups excluding carboxylic acids is 2. The van der Waals surface area contributed by atoms with E-state index in [1.807, 2.05) is 12.1 Å². The first-order valence-electron chi connectivity index (χ1n) is 9.74. The van der Waals surface area contributed by atoms with Crippen LogP contribution >= 0.6 is 11.6 Å². The highest BCUT2D eigenvalue weighted by atomic mass is 35.5. The Morgan fingerprint density at radius 2 is 1.77 bits per heavy atom.